The van der Waals surface area contributed by atoms with Crippen LogP contribution in [0.5, 0.6) is 0 Å². The van der Waals surface area contributed by atoms with Gasteiger partial charge in [-0.3, -0.25) is 4.79 Å². The number of hydrogen-bond acceptors (Lipinski definition) is 3. The molecule has 3 rings (SSSR count). The summed E-state index contributed by atoms with van der Waals surface area (Å²) < 4.78 is 13.6. The van der Waals surface area contributed by atoms with Gasteiger partial charge in [-0.05, 0) is 42.7 Å². The van der Waals surface area contributed by atoms with Gasteiger partial charge in [-0.25, -0.2) is 4.39 Å². The summed E-state index contributed by atoms with van der Waals surface area (Å²) in [6.45, 7) is 0.443. The van der Waals surface area contributed by atoms with Gasteiger partial charge in [-0.2, -0.15) is 0 Å². The number of halogens is 2. The minimum absolute atomic E-state index is 0.112. The highest BCUT2D eigenvalue weighted by atomic mass is 35.5. The zero-order chi connectivity index (χ0) is 17.1. The maximum Gasteiger partial charge on any atom is 0.247 e. The van der Waals surface area contributed by atoms with E-state index in [9.17, 15) is 14.3 Å². The molecule has 1 amide bonds. The first-order chi connectivity index (χ1) is 11.6. The molecule has 126 valence electrons. The predicted molar refractivity (Wildman–Crippen MR) is 93.0 cm³/mol. The number of fused-ring (bicyclic) bond motifs is 1. The molecule has 0 unspecified atom stereocenters. The van der Waals surface area contributed by atoms with E-state index in [1.165, 1.54) is 6.07 Å². The molecule has 1 aliphatic heterocycles. The van der Waals surface area contributed by atoms with Crippen molar-refractivity contribution in [3.63, 3.8) is 0 Å². The van der Waals surface area contributed by atoms with E-state index in [0.717, 1.165) is 5.69 Å². The van der Waals surface area contributed by atoms with Crippen LogP contribution in [0.15, 0.2) is 42.5 Å². The van der Waals surface area contributed by atoms with Crippen LogP contribution in [-0.4, -0.2) is 30.2 Å². The normalized spacial score (nSPS) is 14.4. The third-order valence-electron chi connectivity index (χ3n) is 4.21. The second kappa shape index (κ2) is 7.20. The maximum absolute atomic E-state index is 13.6. The van der Waals surface area contributed by atoms with Crippen molar-refractivity contribution in [3.05, 3.63) is 58.9 Å². The quantitative estimate of drug-likeness (QED) is 0.872. The number of hydrogen-bond donors (Lipinski definition) is 2. The Balaban J connectivity index is 1.85. The summed E-state index contributed by atoms with van der Waals surface area (Å²) in [5, 5.41) is 12.3. The summed E-state index contributed by atoms with van der Waals surface area (Å²) in [4.78, 5) is 14.6. The lowest BCUT2D eigenvalue weighted by molar-refractivity contribution is -0.117. The van der Waals surface area contributed by atoms with E-state index < -0.39 is 11.9 Å². The van der Waals surface area contributed by atoms with Crippen LogP contribution < -0.4 is 10.2 Å². The average molecular weight is 349 g/mol. The monoisotopic (exact) mass is 348 g/mol. The summed E-state index contributed by atoms with van der Waals surface area (Å²) >= 11 is 6.04. The Bertz CT molecular complexity index is 739. The highest BCUT2D eigenvalue weighted by Gasteiger charge is 2.32. The predicted octanol–water partition coefficient (Wildman–Crippen LogP) is 3.23. The molecule has 1 atom stereocenters. The Morgan fingerprint density at radius 1 is 1.29 bits per heavy atom. The first-order valence-corrected chi connectivity index (χ1v) is 8.20. The first kappa shape index (κ1) is 16.7. The molecule has 0 radical (unpaired) electrons. The van der Waals surface area contributed by atoms with Gasteiger partial charge >= 0.3 is 0 Å². The Morgan fingerprint density at radius 3 is 2.75 bits per heavy atom. The molecule has 0 aromatic heterocycles. The van der Waals surface area contributed by atoms with Crippen molar-refractivity contribution in [2.75, 3.05) is 23.4 Å². The smallest absolute Gasteiger partial charge is 0.247 e. The molecule has 2 aromatic rings. The van der Waals surface area contributed by atoms with Gasteiger partial charge in [0.2, 0.25) is 5.91 Å². The minimum Gasteiger partial charge on any atom is -0.396 e. The second-order valence-electron chi connectivity index (χ2n) is 5.69. The van der Waals surface area contributed by atoms with E-state index in [-0.39, 0.29) is 24.0 Å². The summed E-state index contributed by atoms with van der Waals surface area (Å²) in [6, 6.07) is 11.6. The molecule has 1 heterocycles. The molecule has 1 aliphatic rings. The van der Waals surface area contributed by atoms with Crippen LogP contribution in [0, 0.1) is 5.82 Å². The van der Waals surface area contributed by atoms with Crippen LogP contribution in [-0.2, 0) is 11.2 Å². The highest BCUT2D eigenvalue weighted by Crippen LogP contribution is 2.36. The van der Waals surface area contributed by atoms with E-state index in [2.05, 4.69) is 5.32 Å². The van der Waals surface area contributed by atoms with Crippen molar-refractivity contribution in [1.82, 2.24) is 0 Å². The number of benzene rings is 2. The van der Waals surface area contributed by atoms with Gasteiger partial charge in [-0.15, -0.1) is 0 Å². The van der Waals surface area contributed by atoms with Gasteiger partial charge in [0.15, 0.2) is 0 Å². The molecular weight excluding hydrogens is 331 g/mol. The van der Waals surface area contributed by atoms with E-state index in [1.54, 1.807) is 18.2 Å². The van der Waals surface area contributed by atoms with Crippen molar-refractivity contribution in [2.24, 2.45) is 0 Å². The molecule has 24 heavy (non-hydrogen) atoms. The summed E-state index contributed by atoms with van der Waals surface area (Å²) in [5.41, 5.74) is 2.16. The minimum atomic E-state index is -0.544. The van der Waals surface area contributed by atoms with E-state index in [4.69, 9.17) is 11.6 Å². The molecule has 2 aromatic carbocycles. The van der Waals surface area contributed by atoms with Crippen molar-refractivity contribution >= 4 is 28.9 Å². The van der Waals surface area contributed by atoms with Crippen molar-refractivity contribution < 1.29 is 14.3 Å². The topological polar surface area (TPSA) is 52.6 Å². The van der Waals surface area contributed by atoms with Crippen molar-refractivity contribution in [3.8, 4) is 0 Å². The number of rotatable bonds is 5. The summed E-state index contributed by atoms with van der Waals surface area (Å²) in [6.07, 6.45) is 0.861. The Labute approximate surface area is 144 Å². The third kappa shape index (κ3) is 3.23. The third-order valence-corrected chi connectivity index (χ3v) is 4.61. The van der Waals surface area contributed by atoms with E-state index >= 15 is 0 Å². The zero-order valence-electron chi connectivity index (χ0n) is 13.0. The Hall–Kier alpha value is -2.11. The molecule has 0 fully saturated rings. The van der Waals surface area contributed by atoms with Crippen LogP contribution in [0.4, 0.5) is 15.8 Å². The van der Waals surface area contributed by atoms with Crippen LogP contribution in [0.2, 0.25) is 5.02 Å². The largest absolute Gasteiger partial charge is 0.396 e. The number of aliphatic hydroxyl groups excluding tert-OH is 1. The number of nitrogens with zero attached hydrogens (tertiary/aromatic N) is 1. The molecule has 0 saturated heterocycles. The fraction of sp³-hybridized carbons (Fsp3) is 0.278. The number of carbonyl (C=O) groups excluding carboxylic acids is 1. The van der Waals surface area contributed by atoms with Gasteiger partial charge in [0.05, 0.1) is 5.02 Å². The van der Waals surface area contributed by atoms with Crippen LogP contribution in [0.3, 0.4) is 0 Å². The average Bonchev–Trinajstić information content (AvgIpc) is 3.01. The SMILES string of the molecule is O=C(Nc1ccccc1)[C@H](CCO)N1CCc2c1ccc(F)c2Cl. The standard InChI is InChI=1S/C18H18ClFN2O2/c19-17-13-8-10-22(15(13)7-6-14(17)20)16(9-11-23)18(24)21-12-4-2-1-3-5-12/h1-7,16,23H,8-11H2,(H,21,24)/t16-/m0/s1. The number of nitrogens with one attached hydrogen (secondary N) is 1. The lowest BCUT2D eigenvalue weighted by atomic mass is 10.1. The second-order valence-corrected chi connectivity index (χ2v) is 6.06. The van der Waals surface area contributed by atoms with Crippen LogP contribution in [0.1, 0.15) is 12.0 Å². The lowest BCUT2D eigenvalue weighted by Gasteiger charge is -2.29. The molecular formula is C18H18ClFN2O2. The van der Waals surface area contributed by atoms with Gasteiger partial charge in [-0.1, -0.05) is 29.8 Å². The number of amides is 1. The van der Waals surface area contributed by atoms with Crippen LogP contribution >= 0.6 is 11.6 Å². The van der Waals surface area contributed by atoms with Gasteiger partial charge in [0.1, 0.15) is 11.9 Å². The van der Waals surface area contributed by atoms with Crippen molar-refractivity contribution in [2.45, 2.75) is 18.9 Å². The molecule has 0 saturated carbocycles. The molecule has 6 heteroatoms. The van der Waals surface area contributed by atoms with E-state index in [1.807, 2.05) is 23.1 Å². The Morgan fingerprint density at radius 2 is 2.04 bits per heavy atom. The van der Waals surface area contributed by atoms with Gasteiger partial charge in [0, 0.05) is 24.5 Å². The summed E-state index contributed by atoms with van der Waals surface area (Å²) in [5.74, 6) is -0.659. The molecule has 0 spiro atoms. The number of para-hydroxylation sites is 1. The molecule has 0 bridgehead atoms. The summed E-state index contributed by atoms with van der Waals surface area (Å²) in [7, 11) is 0. The van der Waals surface area contributed by atoms with Crippen LogP contribution in [0.25, 0.3) is 0 Å². The zero-order valence-corrected chi connectivity index (χ0v) is 13.8. The van der Waals surface area contributed by atoms with E-state index in [0.29, 0.717) is 24.2 Å². The fourth-order valence-electron chi connectivity index (χ4n) is 3.06. The molecule has 4 nitrogen and oxygen atoms in total. The molecule has 0 aliphatic carbocycles. The van der Waals surface area contributed by atoms with Gasteiger partial charge < -0.3 is 15.3 Å². The number of aliphatic hydroxyl groups is 1. The maximum atomic E-state index is 13.6. The fourth-order valence-corrected chi connectivity index (χ4v) is 3.32. The van der Waals surface area contributed by atoms with Gasteiger partial charge in [0.25, 0.3) is 0 Å². The highest BCUT2D eigenvalue weighted by molar-refractivity contribution is 6.32. The lowest BCUT2D eigenvalue weighted by Crippen LogP contribution is -2.44. The number of anilines is 2. The molecule has 2 N–H and O–H groups in total. The first-order valence-electron chi connectivity index (χ1n) is 7.82. The Kier molecular flexibility index (Phi) is 5.02. The number of carbonyl (C=O) groups is 1. The van der Waals surface area contributed by atoms with Crippen molar-refractivity contribution in [1.29, 1.82) is 0 Å².